The molecule has 0 bridgehead atoms. The van der Waals surface area contributed by atoms with E-state index < -0.39 is 4.92 Å². The van der Waals surface area contributed by atoms with Crippen LogP contribution in [0.3, 0.4) is 0 Å². The van der Waals surface area contributed by atoms with Crippen molar-refractivity contribution in [2.45, 2.75) is 38.1 Å². The molecule has 0 radical (unpaired) electrons. The Morgan fingerprint density at radius 3 is 2.38 bits per heavy atom. The van der Waals surface area contributed by atoms with Crippen LogP contribution in [0, 0.1) is 16.0 Å². The van der Waals surface area contributed by atoms with E-state index in [9.17, 15) is 15.2 Å². The largest absolute Gasteiger partial charge is 0.506 e. The minimum absolute atomic E-state index is 0. The van der Waals surface area contributed by atoms with E-state index in [0.29, 0.717) is 11.5 Å². The second kappa shape index (κ2) is 10.5. The Balaban J connectivity index is 0.00000169. The zero-order chi connectivity index (χ0) is 17.1. The maximum Gasteiger partial charge on any atom is 0.278 e. The summed E-state index contributed by atoms with van der Waals surface area (Å²) in [6, 6.07) is 2.69. The Morgan fingerprint density at radius 2 is 1.81 bits per heavy atom. The fourth-order valence-electron chi connectivity index (χ4n) is 4.15. The number of nitrogens with one attached hydrogen (secondary N) is 1. The molecule has 6 nitrogen and oxygen atoms in total. The normalized spacial score (nSPS) is 19.9. The topological polar surface area (TPSA) is 78.6 Å². The number of hydrogen-bond donors (Lipinski definition) is 2. The monoisotopic (exact) mass is 425 g/mol. The second-order valence-corrected chi connectivity index (χ2v) is 7.12. The van der Waals surface area contributed by atoms with E-state index >= 15 is 0 Å². The number of nitro groups is 1. The van der Waals surface area contributed by atoms with E-state index in [1.54, 1.807) is 0 Å². The molecule has 1 saturated carbocycles. The summed E-state index contributed by atoms with van der Waals surface area (Å²) in [7, 11) is 0. The fourth-order valence-corrected chi connectivity index (χ4v) is 4.31. The molecule has 1 aromatic carbocycles. The van der Waals surface area contributed by atoms with Gasteiger partial charge in [0.15, 0.2) is 0 Å². The van der Waals surface area contributed by atoms with Crippen LogP contribution in [0.2, 0.25) is 5.02 Å². The SMILES string of the molecule is Cl.Cl.O=[N+]([O-])c1ccc(Cl)c(O)c1[C@H](C1CCCCC1)N1CCNCC1. The van der Waals surface area contributed by atoms with Gasteiger partial charge in [0.25, 0.3) is 5.69 Å². The molecule has 1 atom stereocenters. The van der Waals surface area contributed by atoms with Crippen LogP contribution in [0.25, 0.3) is 0 Å². The van der Waals surface area contributed by atoms with Crippen LogP contribution < -0.4 is 5.32 Å². The van der Waals surface area contributed by atoms with Crippen LogP contribution >= 0.6 is 36.4 Å². The molecule has 1 aromatic rings. The number of halogens is 3. The molecule has 1 saturated heterocycles. The zero-order valence-corrected chi connectivity index (χ0v) is 16.9. The van der Waals surface area contributed by atoms with Gasteiger partial charge >= 0.3 is 0 Å². The number of rotatable bonds is 4. The molecule has 0 aromatic heterocycles. The van der Waals surface area contributed by atoms with Crippen molar-refractivity contribution in [2.75, 3.05) is 26.2 Å². The number of aromatic hydroxyl groups is 1. The van der Waals surface area contributed by atoms with Crippen molar-refractivity contribution < 1.29 is 10.0 Å². The van der Waals surface area contributed by atoms with Crippen LogP contribution in [0.1, 0.15) is 43.7 Å². The van der Waals surface area contributed by atoms with Gasteiger partial charge in [0.05, 0.1) is 15.5 Å². The van der Waals surface area contributed by atoms with Crippen molar-refractivity contribution in [1.29, 1.82) is 0 Å². The molecule has 2 aliphatic rings. The van der Waals surface area contributed by atoms with Gasteiger partial charge in [0.1, 0.15) is 5.75 Å². The van der Waals surface area contributed by atoms with Gasteiger partial charge in [-0.05, 0) is 24.8 Å². The Hall–Kier alpha value is -0.790. The smallest absolute Gasteiger partial charge is 0.278 e. The molecular formula is C17H26Cl3N3O3. The minimum atomic E-state index is -0.399. The van der Waals surface area contributed by atoms with Crippen molar-refractivity contribution in [1.82, 2.24) is 10.2 Å². The highest BCUT2D eigenvalue weighted by molar-refractivity contribution is 6.32. The van der Waals surface area contributed by atoms with Gasteiger partial charge in [0.2, 0.25) is 0 Å². The van der Waals surface area contributed by atoms with Crippen molar-refractivity contribution in [3.05, 3.63) is 32.8 Å². The number of hydrogen-bond acceptors (Lipinski definition) is 5. The first-order chi connectivity index (χ1) is 11.6. The van der Waals surface area contributed by atoms with Crippen LogP contribution in [-0.2, 0) is 0 Å². The van der Waals surface area contributed by atoms with Gasteiger partial charge in [0, 0.05) is 38.3 Å². The molecule has 9 heteroatoms. The van der Waals surface area contributed by atoms with Gasteiger partial charge in [-0.3, -0.25) is 15.0 Å². The molecule has 2 fully saturated rings. The Kier molecular flexibility index (Phi) is 9.41. The summed E-state index contributed by atoms with van der Waals surface area (Å²) in [5.74, 6) is 0.194. The summed E-state index contributed by atoms with van der Waals surface area (Å²) in [5, 5.41) is 25.7. The lowest BCUT2D eigenvalue weighted by atomic mass is 9.79. The summed E-state index contributed by atoms with van der Waals surface area (Å²) in [5.41, 5.74) is 0.382. The van der Waals surface area contributed by atoms with Crippen molar-refractivity contribution >= 4 is 42.1 Å². The van der Waals surface area contributed by atoms with E-state index in [4.69, 9.17) is 11.6 Å². The summed E-state index contributed by atoms with van der Waals surface area (Å²) in [4.78, 5) is 13.5. The maximum atomic E-state index is 11.6. The molecule has 2 N–H and O–H groups in total. The van der Waals surface area contributed by atoms with Crippen molar-refractivity contribution in [3.63, 3.8) is 0 Å². The summed E-state index contributed by atoms with van der Waals surface area (Å²) in [6.45, 7) is 3.37. The van der Waals surface area contributed by atoms with Gasteiger partial charge in [-0.25, -0.2) is 0 Å². The summed E-state index contributed by atoms with van der Waals surface area (Å²) < 4.78 is 0. The first kappa shape index (κ1) is 23.2. The maximum absolute atomic E-state index is 11.6. The molecule has 0 unspecified atom stereocenters. The fraction of sp³-hybridized carbons (Fsp3) is 0.647. The number of phenolic OH excluding ortho intramolecular Hbond substituents is 1. The molecular weight excluding hydrogens is 401 g/mol. The van der Waals surface area contributed by atoms with E-state index in [-0.39, 0.29) is 47.3 Å². The van der Waals surface area contributed by atoms with Gasteiger partial charge < -0.3 is 10.4 Å². The third-order valence-electron chi connectivity index (χ3n) is 5.28. The Labute approximate surface area is 171 Å². The lowest BCUT2D eigenvalue weighted by Crippen LogP contribution is -2.47. The quantitative estimate of drug-likeness (QED) is 0.553. The van der Waals surface area contributed by atoms with Crippen LogP contribution in [0.5, 0.6) is 5.75 Å². The summed E-state index contributed by atoms with van der Waals surface area (Å²) in [6.07, 6.45) is 5.58. The van der Waals surface area contributed by atoms with Crippen molar-refractivity contribution in [3.8, 4) is 5.75 Å². The van der Waals surface area contributed by atoms with E-state index in [2.05, 4.69) is 10.2 Å². The average Bonchev–Trinajstić information content (AvgIpc) is 2.60. The predicted molar refractivity (Wildman–Crippen MR) is 108 cm³/mol. The van der Waals surface area contributed by atoms with E-state index in [1.807, 2.05) is 0 Å². The van der Waals surface area contributed by atoms with Gasteiger partial charge in [-0.15, -0.1) is 24.8 Å². The number of piperazine rings is 1. The highest BCUT2D eigenvalue weighted by Crippen LogP contribution is 2.47. The molecule has 26 heavy (non-hydrogen) atoms. The molecule has 1 aliphatic carbocycles. The molecule has 3 rings (SSSR count). The van der Waals surface area contributed by atoms with Gasteiger partial charge in [-0.1, -0.05) is 30.9 Å². The lowest BCUT2D eigenvalue weighted by Gasteiger charge is -2.41. The molecule has 0 amide bonds. The van der Waals surface area contributed by atoms with E-state index in [1.165, 1.54) is 18.6 Å². The van der Waals surface area contributed by atoms with E-state index in [0.717, 1.165) is 51.9 Å². The third-order valence-corrected chi connectivity index (χ3v) is 5.58. The zero-order valence-electron chi connectivity index (χ0n) is 14.5. The minimum Gasteiger partial charge on any atom is -0.506 e. The third kappa shape index (κ3) is 4.93. The first-order valence-electron chi connectivity index (χ1n) is 8.70. The molecule has 1 aliphatic heterocycles. The number of nitrogens with zero attached hydrogens (tertiary/aromatic N) is 2. The first-order valence-corrected chi connectivity index (χ1v) is 9.08. The number of nitro benzene ring substituents is 1. The Morgan fingerprint density at radius 1 is 1.19 bits per heavy atom. The average molecular weight is 427 g/mol. The summed E-state index contributed by atoms with van der Waals surface area (Å²) >= 11 is 6.11. The number of benzene rings is 1. The number of phenols is 1. The molecule has 1 heterocycles. The van der Waals surface area contributed by atoms with Crippen LogP contribution in [0.15, 0.2) is 12.1 Å². The predicted octanol–water partition coefficient (Wildman–Crippen LogP) is 4.32. The highest BCUT2D eigenvalue weighted by atomic mass is 35.5. The Bertz CT molecular complexity index is 588. The lowest BCUT2D eigenvalue weighted by molar-refractivity contribution is -0.386. The standard InChI is InChI=1S/C17H24ClN3O3.2ClH/c18-13-6-7-14(21(23)24)15(17(13)22)16(12-4-2-1-3-5-12)20-10-8-19-9-11-20;;/h6-7,12,16,19,22H,1-5,8-11H2;2*1H/t16-;;/m0../s1. The highest BCUT2D eigenvalue weighted by Gasteiger charge is 2.37. The van der Waals surface area contributed by atoms with Crippen LogP contribution in [-0.4, -0.2) is 41.1 Å². The van der Waals surface area contributed by atoms with Crippen molar-refractivity contribution in [2.24, 2.45) is 5.92 Å². The molecule has 148 valence electrons. The van der Waals surface area contributed by atoms with Gasteiger partial charge in [-0.2, -0.15) is 0 Å². The molecule has 0 spiro atoms. The second-order valence-electron chi connectivity index (χ2n) is 6.71. The van der Waals surface area contributed by atoms with Crippen LogP contribution in [0.4, 0.5) is 5.69 Å².